The number of carbonyl (C=O) groups excluding carboxylic acids is 1. The first kappa shape index (κ1) is 88.5. The molecule has 0 aromatic heterocycles. The highest BCUT2D eigenvalue weighted by Gasteiger charge is 2.52. The second-order valence-corrected chi connectivity index (χ2v) is 38.5. The van der Waals surface area contributed by atoms with Crippen LogP contribution in [0.25, 0.3) is 0 Å². The van der Waals surface area contributed by atoms with Crippen molar-refractivity contribution in [1.29, 1.82) is 0 Å². The van der Waals surface area contributed by atoms with Crippen LogP contribution in [0.1, 0.15) is 321 Å². The number of nitrogens with zero attached hydrogens (tertiary/aromatic N) is 3. The number of benzene rings is 6. The number of halogens is 4. The Morgan fingerprint density at radius 2 is 0.848 bits per heavy atom. The number of hydrogen-bond acceptors (Lipinski definition) is 6. The molecule has 0 unspecified atom stereocenters. The maximum atomic E-state index is 14.4. The summed E-state index contributed by atoms with van der Waals surface area (Å²) >= 11 is 0. The Bertz CT molecular complexity index is 3760. The van der Waals surface area contributed by atoms with Crippen molar-refractivity contribution < 1.29 is 27.1 Å². The molecule has 10 aliphatic carbocycles. The van der Waals surface area contributed by atoms with Gasteiger partial charge in [0.25, 0.3) is 0 Å². The van der Waals surface area contributed by atoms with Gasteiger partial charge in [-0.3, -0.25) is 4.79 Å². The largest absolute Gasteiger partial charge is 0.496 e. The van der Waals surface area contributed by atoms with Gasteiger partial charge in [0.05, 0.1) is 13.5 Å². The van der Waals surface area contributed by atoms with E-state index in [1.54, 1.807) is 31.4 Å². The van der Waals surface area contributed by atoms with Gasteiger partial charge in [0.15, 0.2) is 0 Å². The fourth-order valence-corrected chi connectivity index (χ4v) is 21.6. The van der Waals surface area contributed by atoms with Gasteiger partial charge >= 0.3 is 0 Å². The molecule has 6 aromatic carbocycles. The van der Waals surface area contributed by atoms with Crippen molar-refractivity contribution in [2.45, 2.75) is 299 Å². The van der Waals surface area contributed by atoms with E-state index >= 15 is 0 Å². The number of carbonyl (C=O) groups is 1. The highest BCUT2D eigenvalue weighted by molar-refractivity contribution is 5.79. The molecule has 0 aliphatic heterocycles. The molecule has 0 atom stereocenters. The summed E-state index contributed by atoms with van der Waals surface area (Å²) in [7, 11) is 5.95. The van der Waals surface area contributed by atoms with Crippen molar-refractivity contribution >= 4 is 5.91 Å². The highest BCUT2D eigenvalue weighted by Crippen LogP contribution is 2.61. The Balaban J connectivity index is 0.000000149. The lowest BCUT2D eigenvalue weighted by Gasteiger charge is -2.57. The molecule has 8 bridgehead atoms. The molecule has 1 amide bonds. The molecular formula is C101H147F4N5O2. The number of para-hydroxylation sites is 1. The number of amides is 1. The first-order valence-electron chi connectivity index (χ1n) is 44.6. The van der Waals surface area contributed by atoms with Gasteiger partial charge in [-0.2, -0.15) is 0 Å². The van der Waals surface area contributed by atoms with Crippen molar-refractivity contribution in [1.82, 2.24) is 25.3 Å². The number of hydrogen-bond donors (Lipinski definition) is 2. The van der Waals surface area contributed by atoms with Gasteiger partial charge in [0.1, 0.15) is 29.0 Å². The molecule has 2 N–H and O–H groups in total. The van der Waals surface area contributed by atoms with E-state index in [2.05, 4.69) is 153 Å². The van der Waals surface area contributed by atoms with Crippen molar-refractivity contribution in [3.8, 4) is 5.75 Å². The van der Waals surface area contributed by atoms with Crippen LogP contribution in [0.5, 0.6) is 5.75 Å². The molecule has 7 nitrogen and oxygen atoms in total. The average molecular weight is 1540 g/mol. The monoisotopic (exact) mass is 1540 g/mol. The quantitative estimate of drug-likeness (QED) is 0.0457. The standard InChI is InChI=1S/C23H31NO2.C22H32FN.C21H30FN.C18H28FN.C17H26FN/c1-5-6-15-24(17-19-11-13-20(14-12-19)18(2)3)23(25)16-21-9-7-8-10-22(21)26-4;1-15(2)19-4-5-20(21(23)9-19)13-24(3)14-22-10-16-6-17(11-22)8-18(7-16)12-22;1-14(2)18-3-4-19(20(22)8-18)12-23-13-21-9-15-5-16(10-21)7-17(6-15)11-21;1-14(2)16-9-10-17(18(19)11-16)13-20(3)12-15-7-5-4-6-8-15;1-13(2)15-8-9-16(17(18)10-15)12-19-11-14-6-4-3-5-7-14/h7-14,18H,5-6,15-17H2,1-4H3;4-5,9,15-18H,6-8,10-14H2,1-3H3;3-4,8,14-17,23H,5-7,9-13H2,1-2H3;9-11,14-15H,4-8,12-13H2,1-3H3;8-10,13-14,19H,3-7,11-12H2,1-2H3. The maximum absolute atomic E-state index is 14.4. The molecule has 6 aromatic rings. The molecule has 0 spiro atoms. The summed E-state index contributed by atoms with van der Waals surface area (Å²) in [5, 5.41) is 7.03. The van der Waals surface area contributed by atoms with Crippen LogP contribution in [-0.2, 0) is 43.9 Å². The molecule has 10 aliphatic rings. The van der Waals surface area contributed by atoms with E-state index in [1.807, 2.05) is 59.5 Å². The van der Waals surface area contributed by atoms with E-state index in [9.17, 15) is 22.4 Å². The molecule has 10 saturated carbocycles. The summed E-state index contributed by atoms with van der Waals surface area (Å²) in [5.41, 5.74) is 12.2. The SMILES string of the molecule is CC(C)c1ccc(CN(C)CC23CC4CC(CC(C4)C2)C3)c(F)c1.CC(C)c1ccc(CN(C)CC2CCCCC2)c(F)c1.CC(C)c1ccc(CNCC23CC4CC(CC(C4)C2)C3)c(F)c1.CC(C)c1ccc(CNCC2CCCCC2)c(F)c1.CCCCN(Cc1ccc(C(C)C)cc1)C(=O)Cc1ccccc1OC. The number of rotatable bonds is 29. The molecule has 0 radical (unpaired) electrons. The number of ether oxygens (including phenoxy) is 1. The van der Waals surface area contributed by atoms with E-state index in [-0.39, 0.29) is 29.2 Å². The van der Waals surface area contributed by atoms with Crippen LogP contribution >= 0.6 is 0 Å². The lowest BCUT2D eigenvalue weighted by molar-refractivity contribution is -0.131. The van der Waals surface area contributed by atoms with Gasteiger partial charge in [0.2, 0.25) is 5.91 Å². The van der Waals surface area contributed by atoms with E-state index < -0.39 is 0 Å². The van der Waals surface area contributed by atoms with Crippen molar-refractivity contribution in [3.63, 3.8) is 0 Å². The van der Waals surface area contributed by atoms with Crippen LogP contribution in [-0.4, -0.2) is 74.5 Å². The van der Waals surface area contributed by atoms with Gasteiger partial charge in [-0.25, -0.2) is 17.6 Å². The molecule has 0 saturated heterocycles. The van der Waals surface area contributed by atoms with E-state index in [1.165, 1.54) is 152 Å². The zero-order valence-corrected chi connectivity index (χ0v) is 72.0. The predicted octanol–water partition coefficient (Wildman–Crippen LogP) is 25.6. The first-order chi connectivity index (χ1) is 53.7. The molecule has 11 heteroatoms. The van der Waals surface area contributed by atoms with Gasteiger partial charge in [-0.15, -0.1) is 0 Å². The summed E-state index contributed by atoms with van der Waals surface area (Å²) in [6, 6.07) is 39.4. The third-order valence-corrected chi connectivity index (χ3v) is 27.1. The van der Waals surface area contributed by atoms with Gasteiger partial charge in [0, 0.05) is 86.7 Å². The summed E-state index contributed by atoms with van der Waals surface area (Å²) < 4.78 is 62.1. The van der Waals surface area contributed by atoms with Crippen LogP contribution in [0.2, 0.25) is 0 Å². The van der Waals surface area contributed by atoms with E-state index in [0.717, 1.165) is 162 Å². The Labute approximate surface area is 677 Å². The summed E-state index contributed by atoms with van der Waals surface area (Å²) in [4.78, 5) is 19.6. The number of methoxy groups -OCH3 is 1. The van der Waals surface area contributed by atoms with Crippen molar-refractivity contribution in [2.24, 2.45) is 58.2 Å². The van der Waals surface area contributed by atoms with Crippen LogP contribution in [0, 0.1) is 81.4 Å². The molecule has 616 valence electrons. The second kappa shape index (κ2) is 42.9. The highest BCUT2D eigenvalue weighted by atomic mass is 19.1. The second-order valence-electron chi connectivity index (χ2n) is 38.5. The number of nitrogens with one attached hydrogen (secondary N) is 2. The minimum Gasteiger partial charge on any atom is -0.496 e. The fraction of sp³-hybridized carbons (Fsp3) is 0.634. The third kappa shape index (κ3) is 26.3. The topological polar surface area (TPSA) is 60.1 Å². The molecule has 16 rings (SSSR count). The van der Waals surface area contributed by atoms with Crippen LogP contribution in [0.15, 0.2) is 121 Å². The minimum atomic E-state index is -0.0673. The maximum Gasteiger partial charge on any atom is 0.227 e. The van der Waals surface area contributed by atoms with Crippen LogP contribution in [0.4, 0.5) is 17.6 Å². The number of unbranched alkanes of at least 4 members (excludes halogenated alkanes) is 1. The average Bonchev–Trinajstić information content (AvgIpc) is 0.759. The molecule has 0 heterocycles. The van der Waals surface area contributed by atoms with E-state index in [4.69, 9.17) is 4.74 Å². The van der Waals surface area contributed by atoms with Gasteiger partial charge in [-0.05, 0) is 281 Å². The zero-order valence-electron chi connectivity index (χ0n) is 72.0. The predicted molar refractivity (Wildman–Crippen MR) is 460 cm³/mol. The Morgan fingerprint density at radius 1 is 0.455 bits per heavy atom. The van der Waals surface area contributed by atoms with Crippen LogP contribution in [0.3, 0.4) is 0 Å². The fourth-order valence-electron chi connectivity index (χ4n) is 21.6. The smallest absolute Gasteiger partial charge is 0.227 e. The molecular weight excluding hydrogens is 1390 g/mol. The Kier molecular flexibility index (Phi) is 33.9. The van der Waals surface area contributed by atoms with Crippen molar-refractivity contribution in [3.05, 3.63) is 206 Å². The lowest BCUT2D eigenvalue weighted by atomic mass is 9.49. The Morgan fingerprint density at radius 3 is 1.27 bits per heavy atom. The summed E-state index contributed by atoms with van der Waals surface area (Å²) in [5.74, 6) is 10.4. The summed E-state index contributed by atoms with van der Waals surface area (Å²) in [6.07, 6.45) is 33.6. The molecule has 112 heavy (non-hydrogen) atoms. The summed E-state index contributed by atoms with van der Waals surface area (Å²) in [6.45, 7) is 32.0. The lowest BCUT2D eigenvalue weighted by Crippen LogP contribution is -2.50. The molecule has 10 fully saturated rings. The van der Waals surface area contributed by atoms with Crippen molar-refractivity contribution in [2.75, 3.05) is 53.9 Å². The minimum absolute atomic E-state index is 0.0291. The van der Waals surface area contributed by atoms with Gasteiger partial charge in [-0.1, -0.05) is 212 Å². The first-order valence-corrected chi connectivity index (χ1v) is 44.6. The zero-order chi connectivity index (χ0) is 80.1. The third-order valence-electron chi connectivity index (χ3n) is 27.1. The van der Waals surface area contributed by atoms with E-state index in [0.29, 0.717) is 66.5 Å². The normalized spacial score (nSPS) is 23.1. The van der Waals surface area contributed by atoms with Crippen LogP contribution < -0.4 is 15.4 Å². The Hall–Kier alpha value is -5.85. The van der Waals surface area contributed by atoms with Gasteiger partial charge < -0.3 is 30.1 Å².